The van der Waals surface area contributed by atoms with Gasteiger partial charge in [0, 0.05) is 35.2 Å². The number of thioether (sulfide) groups is 1. The number of aromatic nitrogens is 3. The molecule has 3 N–H and O–H groups in total. The number of anilines is 2. The molecule has 4 heterocycles. The lowest BCUT2D eigenvalue weighted by molar-refractivity contribution is -0.115. The molecule has 0 saturated carbocycles. The van der Waals surface area contributed by atoms with Crippen molar-refractivity contribution in [3.05, 3.63) is 77.6 Å². The molecule has 0 radical (unpaired) electrons. The van der Waals surface area contributed by atoms with Crippen LogP contribution in [0.2, 0.25) is 0 Å². The molecule has 0 unspecified atom stereocenters. The molecule has 0 aliphatic carbocycles. The second-order valence-electron chi connectivity index (χ2n) is 8.35. The highest BCUT2D eigenvalue weighted by atomic mass is 32.2. The molecule has 5 rings (SSSR count). The van der Waals surface area contributed by atoms with Gasteiger partial charge in [-0.25, -0.2) is 28.1 Å². The van der Waals surface area contributed by atoms with E-state index in [1.165, 1.54) is 36.0 Å². The maximum Gasteiger partial charge on any atom is 0.230 e. The van der Waals surface area contributed by atoms with E-state index in [0.29, 0.717) is 34.8 Å². The molecule has 180 valence electrons. The number of nitrogens with two attached hydrogens (primary N) is 1. The Labute approximate surface area is 202 Å². The van der Waals surface area contributed by atoms with Crippen LogP contribution in [0.5, 0.6) is 0 Å². The van der Waals surface area contributed by atoms with E-state index in [-0.39, 0.29) is 30.4 Å². The van der Waals surface area contributed by atoms with E-state index in [0.717, 1.165) is 18.6 Å². The summed E-state index contributed by atoms with van der Waals surface area (Å²) in [5, 5.41) is 3.08. The predicted molar refractivity (Wildman–Crippen MR) is 126 cm³/mol. The monoisotopic (exact) mass is 499 g/mol. The second kappa shape index (κ2) is 9.17. The number of pyridine rings is 1. The highest BCUT2D eigenvalue weighted by Crippen LogP contribution is 2.47. The van der Waals surface area contributed by atoms with Crippen LogP contribution in [0.3, 0.4) is 0 Å². The minimum absolute atomic E-state index is 0.0712. The molecule has 8 nitrogen and oxygen atoms in total. The van der Waals surface area contributed by atoms with Crippen LogP contribution >= 0.6 is 11.8 Å². The summed E-state index contributed by atoms with van der Waals surface area (Å²) in [5.41, 5.74) is 6.10. The van der Waals surface area contributed by atoms with Gasteiger partial charge in [-0.2, -0.15) is 0 Å². The van der Waals surface area contributed by atoms with Crippen molar-refractivity contribution >= 4 is 34.5 Å². The van der Waals surface area contributed by atoms with Gasteiger partial charge in [-0.3, -0.25) is 9.78 Å². The number of nitrogens with one attached hydrogen (secondary N) is 1. The Morgan fingerprint density at radius 2 is 1.89 bits per heavy atom. The third-order valence-electron chi connectivity index (χ3n) is 6.03. The van der Waals surface area contributed by atoms with Crippen LogP contribution in [-0.4, -0.2) is 44.9 Å². The van der Waals surface area contributed by atoms with Crippen molar-refractivity contribution in [2.75, 3.05) is 29.1 Å². The summed E-state index contributed by atoms with van der Waals surface area (Å²) in [6, 6.07) is 6.94. The smallest absolute Gasteiger partial charge is 0.230 e. The molecule has 2 atom stereocenters. The Morgan fingerprint density at radius 1 is 1.11 bits per heavy atom. The van der Waals surface area contributed by atoms with Gasteiger partial charge >= 0.3 is 0 Å². The first kappa shape index (κ1) is 23.1. The number of amides is 1. The number of carbonyl (C=O) groups excluding carboxylic acids is 1. The number of halogens is 3. The molecule has 12 heteroatoms. The van der Waals surface area contributed by atoms with Gasteiger partial charge in [-0.1, -0.05) is 11.8 Å². The van der Waals surface area contributed by atoms with E-state index in [1.807, 2.05) is 4.90 Å². The lowest BCUT2D eigenvalue weighted by atomic mass is 9.81. The third kappa shape index (κ3) is 4.65. The Bertz CT molecular complexity index is 1290. The summed E-state index contributed by atoms with van der Waals surface area (Å²) in [4.78, 5) is 31.1. The molecule has 35 heavy (non-hydrogen) atoms. The molecular weight excluding hydrogens is 479 g/mol. The Kier molecular flexibility index (Phi) is 6.05. The summed E-state index contributed by atoms with van der Waals surface area (Å²) in [7, 11) is 0. The van der Waals surface area contributed by atoms with E-state index in [2.05, 4.69) is 25.3 Å². The molecular formula is C23H20F3N7OS. The second-order valence-corrected chi connectivity index (χ2v) is 9.39. The van der Waals surface area contributed by atoms with Crippen molar-refractivity contribution in [2.24, 2.45) is 16.6 Å². The van der Waals surface area contributed by atoms with Crippen LogP contribution < -0.4 is 16.0 Å². The highest BCUT2D eigenvalue weighted by molar-refractivity contribution is 8.13. The van der Waals surface area contributed by atoms with Crippen molar-refractivity contribution in [3.63, 3.8) is 0 Å². The molecule has 0 bridgehead atoms. The number of rotatable bonds is 5. The van der Waals surface area contributed by atoms with Crippen LogP contribution in [0, 0.1) is 23.4 Å². The van der Waals surface area contributed by atoms with Crippen molar-refractivity contribution in [2.45, 2.75) is 12.0 Å². The zero-order valence-corrected chi connectivity index (χ0v) is 19.1. The molecule has 1 fully saturated rings. The number of carbonyl (C=O) groups is 1. The van der Waals surface area contributed by atoms with E-state index < -0.39 is 23.0 Å². The predicted octanol–water partition coefficient (Wildman–Crippen LogP) is 2.86. The minimum Gasteiger partial charge on any atom is -0.379 e. The number of benzene rings is 1. The van der Waals surface area contributed by atoms with Crippen molar-refractivity contribution in [3.8, 4) is 0 Å². The molecule has 1 amide bonds. The SMILES string of the molecule is NC1=N[C@@]2(c3cc(NC(=O)Cc4ccc(F)cn4)ccc3F)CN(c3ncc(F)cn3)C[C@H]2CS1. The van der Waals surface area contributed by atoms with Gasteiger partial charge in [0.15, 0.2) is 11.0 Å². The highest BCUT2D eigenvalue weighted by Gasteiger charge is 2.52. The first-order valence-corrected chi connectivity index (χ1v) is 11.7. The average Bonchev–Trinajstić information content (AvgIpc) is 3.22. The lowest BCUT2D eigenvalue weighted by Crippen LogP contribution is -2.40. The first-order valence-electron chi connectivity index (χ1n) is 10.7. The summed E-state index contributed by atoms with van der Waals surface area (Å²) >= 11 is 1.38. The third-order valence-corrected chi connectivity index (χ3v) is 6.98. The van der Waals surface area contributed by atoms with Gasteiger partial charge < -0.3 is 16.0 Å². The minimum atomic E-state index is -1.03. The lowest BCUT2D eigenvalue weighted by Gasteiger charge is -2.35. The van der Waals surface area contributed by atoms with Crippen LogP contribution in [-0.2, 0) is 16.8 Å². The van der Waals surface area contributed by atoms with Crippen LogP contribution in [0.1, 0.15) is 11.3 Å². The molecule has 2 aliphatic rings. The fraction of sp³-hybridized carbons (Fsp3) is 0.261. The molecule has 1 saturated heterocycles. The summed E-state index contributed by atoms with van der Waals surface area (Å²) in [6.07, 6.45) is 3.13. The van der Waals surface area contributed by atoms with Gasteiger partial charge in [0.2, 0.25) is 11.9 Å². The van der Waals surface area contributed by atoms with Gasteiger partial charge in [0.25, 0.3) is 0 Å². The fourth-order valence-electron chi connectivity index (χ4n) is 4.44. The number of aliphatic imine (C=N–C) groups is 1. The largest absolute Gasteiger partial charge is 0.379 e. The zero-order valence-electron chi connectivity index (χ0n) is 18.3. The first-order chi connectivity index (χ1) is 16.8. The summed E-state index contributed by atoms with van der Waals surface area (Å²) in [6.45, 7) is 0.708. The van der Waals surface area contributed by atoms with E-state index in [4.69, 9.17) is 5.73 Å². The zero-order chi connectivity index (χ0) is 24.6. The number of hydrogen-bond donors (Lipinski definition) is 2. The fourth-order valence-corrected chi connectivity index (χ4v) is 5.42. The standard InChI is InChI=1S/C23H20F3N7OS/c24-14-1-2-16(28-7-14)6-20(34)31-17-3-4-19(26)18(5-17)23-12-33(22-29-8-15(25)9-30-22)10-13(23)11-35-21(27)32-23/h1-5,7-9,13H,6,10-12H2,(H2,27,32)(H,31,34)/t13-,23-/m0/s1. The molecule has 1 aromatic carbocycles. The van der Waals surface area contributed by atoms with Gasteiger partial charge in [0.05, 0.1) is 31.6 Å². The maximum absolute atomic E-state index is 15.2. The van der Waals surface area contributed by atoms with Crippen LogP contribution in [0.25, 0.3) is 0 Å². The number of nitrogens with zero attached hydrogens (tertiary/aromatic N) is 5. The summed E-state index contributed by atoms with van der Waals surface area (Å²) in [5.74, 6) is -1.13. The van der Waals surface area contributed by atoms with Gasteiger partial charge in [0.1, 0.15) is 17.2 Å². The topological polar surface area (TPSA) is 109 Å². The summed E-state index contributed by atoms with van der Waals surface area (Å²) < 4.78 is 41.6. The van der Waals surface area contributed by atoms with E-state index in [9.17, 15) is 13.6 Å². The van der Waals surface area contributed by atoms with E-state index in [1.54, 1.807) is 6.07 Å². The van der Waals surface area contributed by atoms with Crippen molar-refractivity contribution in [1.82, 2.24) is 15.0 Å². The molecule has 2 aliphatic heterocycles. The number of amidine groups is 1. The molecule has 0 spiro atoms. The van der Waals surface area contributed by atoms with Crippen molar-refractivity contribution in [1.29, 1.82) is 0 Å². The molecule has 2 aromatic heterocycles. The van der Waals surface area contributed by atoms with Crippen LogP contribution in [0.15, 0.2) is 53.9 Å². The Morgan fingerprint density at radius 3 is 2.63 bits per heavy atom. The molecule has 3 aromatic rings. The number of fused-ring (bicyclic) bond motifs is 1. The quantitative estimate of drug-likeness (QED) is 0.556. The Hall–Kier alpha value is -3.67. The van der Waals surface area contributed by atoms with Crippen LogP contribution in [0.4, 0.5) is 24.8 Å². The van der Waals surface area contributed by atoms with Gasteiger partial charge in [-0.15, -0.1) is 0 Å². The van der Waals surface area contributed by atoms with Crippen molar-refractivity contribution < 1.29 is 18.0 Å². The average molecular weight is 500 g/mol. The maximum atomic E-state index is 15.2. The Balaban J connectivity index is 1.44. The van der Waals surface area contributed by atoms with E-state index >= 15 is 4.39 Å². The normalized spacial score (nSPS) is 21.4. The van der Waals surface area contributed by atoms with Gasteiger partial charge in [-0.05, 0) is 30.3 Å². The number of hydrogen-bond acceptors (Lipinski definition) is 8.